The maximum absolute atomic E-state index is 11.7. The van der Waals surface area contributed by atoms with Crippen molar-refractivity contribution in [3.8, 4) is 0 Å². The minimum atomic E-state index is -0.410. The molecule has 3 rings (SSSR count). The lowest BCUT2D eigenvalue weighted by Gasteiger charge is -2.38. The predicted octanol–water partition coefficient (Wildman–Crippen LogP) is 3.00. The van der Waals surface area contributed by atoms with Crippen molar-refractivity contribution in [2.45, 2.75) is 25.2 Å². The number of carbonyl (C=O) groups excluding carboxylic acids is 1. The SMILES string of the molecule is CC(O[C@@H]1C(=O)N[C@@H]1c1ccccc1)c1ccccc1. The van der Waals surface area contributed by atoms with Crippen LogP contribution in [0.1, 0.15) is 30.2 Å². The molecule has 1 amide bonds. The molecule has 1 N–H and O–H groups in total. The standard InChI is InChI=1S/C17H17NO2/c1-12(13-8-4-2-5-9-13)20-16-15(18-17(16)19)14-10-6-3-7-11-14/h2-12,15-16H,1H3,(H,18,19)/t12?,15-,16+/m1/s1. The molecule has 1 unspecified atom stereocenters. The quantitative estimate of drug-likeness (QED) is 0.865. The molecule has 0 aromatic heterocycles. The molecule has 1 fully saturated rings. The average molecular weight is 267 g/mol. The van der Waals surface area contributed by atoms with Crippen molar-refractivity contribution in [3.63, 3.8) is 0 Å². The second-order valence-electron chi connectivity index (χ2n) is 5.01. The van der Waals surface area contributed by atoms with E-state index in [9.17, 15) is 4.79 Å². The number of ether oxygens (including phenoxy) is 1. The summed E-state index contributed by atoms with van der Waals surface area (Å²) in [4.78, 5) is 11.7. The second-order valence-corrected chi connectivity index (χ2v) is 5.01. The minimum Gasteiger partial charge on any atom is -0.358 e. The van der Waals surface area contributed by atoms with Crippen LogP contribution in [0.2, 0.25) is 0 Å². The highest BCUT2D eigenvalue weighted by molar-refractivity contribution is 5.88. The molecule has 3 atom stereocenters. The zero-order chi connectivity index (χ0) is 13.9. The Kier molecular flexibility index (Phi) is 3.52. The first-order valence-electron chi connectivity index (χ1n) is 6.81. The van der Waals surface area contributed by atoms with Crippen molar-refractivity contribution in [1.29, 1.82) is 0 Å². The Labute approximate surface area is 118 Å². The van der Waals surface area contributed by atoms with E-state index in [1.165, 1.54) is 0 Å². The fourth-order valence-electron chi connectivity index (χ4n) is 2.45. The van der Waals surface area contributed by atoms with Gasteiger partial charge in [-0.25, -0.2) is 0 Å². The summed E-state index contributed by atoms with van der Waals surface area (Å²) in [6.07, 6.45) is -0.508. The third-order valence-corrected chi connectivity index (χ3v) is 3.64. The molecule has 1 aliphatic rings. The summed E-state index contributed by atoms with van der Waals surface area (Å²) in [6.45, 7) is 1.98. The summed E-state index contributed by atoms with van der Waals surface area (Å²) in [5.74, 6) is -0.0402. The van der Waals surface area contributed by atoms with Gasteiger partial charge < -0.3 is 10.1 Å². The van der Waals surface area contributed by atoms with Gasteiger partial charge in [-0.2, -0.15) is 0 Å². The van der Waals surface area contributed by atoms with Crippen LogP contribution in [-0.4, -0.2) is 12.0 Å². The third kappa shape index (κ3) is 2.45. The van der Waals surface area contributed by atoms with Crippen LogP contribution < -0.4 is 5.32 Å². The molecule has 3 nitrogen and oxygen atoms in total. The molecule has 2 aromatic rings. The van der Waals surface area contributed by atoms with Gasteiger partial charge in [0.15, 0.2) is 6.10 Å². The van der Waals surface area contributed by atoms with E-state index in [4.69, 9.17) is 4.74 Å². The van der Waals surface area contributed by atoms with Gasteiger partial charge in [-0.15, -0.1) is 0 Å². The number of benzene rings is 2. The van der Waals surface area contributed by atoms with Crippen molar-refractivity contribution in [2.75, 3.05) is 0 Å². The van der Waals surface area contributed by atoms with Gasteiger partial charge in [0, 0.05) is 0 Å². The van der Waals surface area contributed by atoms with Gasteiger partial charge in [0.2, 0.25) is 0 Å². The molecule has 0 aliphatic carbocycles. The van der Waals surface area contributed by atoms with Crippen LogP contribution in [0.4, 0.5) is 0 Å². The Morgan fingerprint density at radius 1 is 1.00 bits per heavy atom. The van der Waals surface area contributed by atoms with Gasteiger partial charge in [-0.3, -0.25) is 4.79 Å². The number of amides is 1. The molecular formula is C17H17NO2. The first-order chi connectivity index (χ1) is 9.75. The summed E-state index contributed by atoms with van der Waals surface area (Å²) in [5.41, 5.74) is 2.16. The smallest absolute Gasteiger partial charge is 0.252 e. The van der Waals surface area contributed by atoms with Crippen molar-refractivity contribution in [2.24, 2.45) is 0 Å². The molecule has 102 valence electrons. The molecule has 1 saturated heterocycles. The van der Waals surface area contributed by atoms with Crippen LogP contribution >= 0.6 is 0 Å². The Hall–Kier alpha value is -2.13. The van der Waals surface area contributed by atoms with E-state index in [1.807, 2.05) is 67.6 Å². The first-order valence-corrected chi connectivity index (χ1v) is 6.81. The molecule has 0 spiro atoms. The van der Waals surface area contributed by atoms with Gasteiger partial charge in [0.05, 0.1) is 12.1 Å². The summed E-state index contributed by atoms with van der Waals surface area (Å²) < 4.78 is 5.94. The predicted molar refractivity (Wildman–Crippen MR) is 77.1 cm³/mol. The normalized spacial score (nSPS) is 22.8. The zero-order valence-electron chi connectivity index (χ0n) is 11.3. The monoisotopic (exact) mass is 267 g/mol. The van der Waals surface area contributed by atoms with Crippen LogP contribution in [0, 0.1) is 0 Å². The Morgan fingerprint density at radius 3 is 2.20 bits per heavy atom. The van der Waals surface area contributed by atoms with E-state index < -0.39 is 6.10 Å². The van der Waals surface area contributed by atoms with Gasteiger partial charge in [0.1, 0.15) is 0 Å². The average Bonchev–Trinajstić information content (AvgIpc) is 2.51. The first kappa shape index (κ1) is 12.9. The second kappa shape index (κ2) is 5.47. The maximum atomic E-state index is 11.7. The van der Waals surface area contributed by atoms with E-state index in [0.717, 1.165) is 11.1 Å². The summed E-state index contributed by atoms with van der Waals surface area (Å²) in [5, 5.41) is 2.90. The van der Waals surface area contributed by atoms with E-state index in [-0.39, 0.29) is 18.1 Å². The number of carbonyl (C=O) groups is 1. The molecule has 20 heavy (non-hydrogen) atoms. The molecule has 0 bridgehead atoms. The summed E-state index contributed by atoms with van der Waals surface area (Å²) >= 11 is 0. The van der Waals surface area contributed by atoms with Gasteiger partial charge in [-0.05, 0) is 18.1 Å². The van der Waals surface area contributed by atoms with E-state index in [0.29, 0.717) is 0 Å². The van der Waals surface area contributed by atoms with E-state index >= 15 is 0 Å². The van der Waals surface area contributed by atoms with Crippen molar-refractivity contribution in [1.82, 2.24) is 5.32 Å². The van der Waals surface area contributed by atoms with Crippen LogP contribution in [0.3, 0.4) is 0 Å². The highest BCUT2D eigenvalue weighted by Crippen LogP contribution is 2.31. The lowest BCUT2D eigenvalue weighted by atomic mass is 9.93. The van der Waals surface area contributed by atoms with Crippen LogP contribution in [0.25, 0.3) is 0 Å². The molecule has 0 saturated carbocycles. The topological polar surface area (TPSA) is 38.3 Å². The molecule has 0 radical (unpaired) electrons. The van der Waals surface area contributed by atoms with Crippen LogP contribution in [-0.2, 0) is 9.53 Å². The van der Waals surface area contributed by atoms with Gasteiger partial charge in [0.25, 0.3) is 5.91 Å². The van der Waals surface area contributed by atoms with Gasteiger partial charge in [-0.1, -0.05) is 60.7 Å². The highest BCUT2D eigenvalue weighted by Gasteiger charge is 2.42. The fraction of sp³-hybridized carbons (Fsp3) is 0.235. The number of hydrogen-bond donors (Lipinski definition) is 1. The molecule has 1 heterocycles. The number of rotatable bonds is 4. The lowest BCUT2D eigenvalue weighted by molar-refractivity contribution is -0.154. The number of nitrogens with one attached hydrogen (secondary N) is 1. The van der Waals surface area contributed by atoms with Crippen LogP contribution in [0.5, 0.6) is 0 Å². The summed E-state index contributed by atoms with van der Waals surface area (Å²) in [6, 6.07) is 19.8. The van der Waals surface area contributed by atoms with Crippen molar-refractivity contribution >= 4 is 5.91 Å². The Balaban J connectivity index is 1.72. The largest absolute Gasteiger partial charge is 0.358 e. The molecule has 1 aliphatic heterocycles. The highest BCUT2D eigenvalue weighted by atomic mass is 16.5. The van der Waals surface area contributed by atoms with Crippen LogP contribution in [0.15, 0.2) is 60.7 Å². The zero-order valence-corrected chi connectivity index (χ0v) is 11.3. The van der Waals surface area contributed by atoms with Crippen molar-refractivity contribution < 1.29 is 9.53 Å². The molecular weight excluding hydrogens is 250 g/mol. The third-order valence-electron chi connectivity index (χ3n) is 3.64. The molecule has 3 heteroatoms. The Morgan fingerprint density at radius 2 is 1.60 bits per heavy atom. The van der Waals surface area contributed by atoms with E-state index in [2.05, 4.69) is 5.32 Å². The lowest BCUT2D eigenvalue weighted by Crippen LogP contribution is -2.57. The van der Waals surface area contributed by atoms with Crippen molar-refractivity contribution in [3.05, 3.63) is 71.8 Å². The summed E-state index contributed by atoms with van der Waals surface area (Å²) in [7, 11) is 0. The number of hydrogen-bond acceptors (Lipinski definition) is 2. The van der Waals surface area contributed by atoms with E-state index in [1.54, 1.807) is 0 Å². The Bertz CT molecular complexity index is 582. The maximum Gasteiger partial charge on any atom is 0.252 e. The fourth-order valence-corrected chi connectivity index (χ4v) is 2.45. The number of β-lactam (4-membered cyclic amide) rings is 1. The van der Waals surface area contributed by atoms with Gasteiger partial charge >= 0.3 is 0 Å². The minimum absolute atomic E-state index is 0.0402. The molecule has 2 aromatic carbocycles.